The lowest BCUT2D eigenvalue weighted by atomic mass is 10.1. The van der Waals surface area contributed by atoms with E-state index in [1.165, 1.54) is 24.9 Å². The summed E-state index contributed by atoms with van der Waals surface area (Å²) in [4.78, 5) is 25.9. The van der Waals surface area contributed by atoms with Crippen molar-refractivity contribution in [2.45, 2.75) is 32.4 Å². The van der Waals surface area contributed by atoms with E-state index in [-0.39, 0.29) is 23.1 Å². The first-order chi connectivity index (χ1) is 11.1. The average Bonchev–Trinajstić information content (AvgIpc) is 2.88. The van der Waals surface area contributed by atoms with Crippen molar-refractivity contribution in [1.29, 1.82) is 0 Å². The largest absolute Gasteiger partial charge is 0.449 e. The second-order valence-electron chi connectivity index (χ2n) is 6.09. The lowest BCUT2D eigenvalue weighted by Crippen LogP contribution is -2.44. The monoisotopic (exact) mass is 354 g/mol. The highest BCUT2D eigenvalue weighted by atomic mass is 32.2. The predicted molar refractivity (Wildman–Crippen MR) is 90.3 cm³/mol. The van der Waals surface area contributed by atoms with Crippen LogP contribution in [0.2, 0.25) is 0 Å². The van der Waals surface area contributed by atoms with E-state index in [2.05, 4.69) is 0 Å². The molecule has 1 aromatic rings. The van der Waals surface area contributed by atoms with Gasteiger partial charge in [0, 0.05) is 18.8 Å². The van der Waals surface area contributed by atoms with E-state index < -0.39 is 27.8 Å². The molecule has 1 aliphatic heterocycles. The van der Waals surface area contributed by atoms with Crippen LogP contribution in [0.4, 0.5) is 5.69 Å². The zero-order chi connectivity index (χ0) is 18.1. The van der Waals surface area contributed by atoms with Crippen LogP contribution in [-0.2, 0) is 19.4 Å². The number of anilines is 1. The number of rotatable bonds is 4. The van der Waals surface area contributed by atoms with Crippen LogP contribution in [0.3, 0.4) is 0 Å². The molecule has 1 aliphatic rings. The van der Waals surface area contributed by atoms with Gasteiger partial charge in [-0.05, 0) is 31.9 Å². The summed E-state index contributed by atoms with van der Waals surface area (Å²) in [5, 5.41) is 0. The number of ether oxygens (including phenoxy) is 1. The summed E-state index contributed by atoms with van der Waals surface area (Å²) in [5.74, 6) is -1.09. The summed E-state index contributed by atoms with van der Waals surface area (Å²) in [7, 11) is -1.57. The number of carbonyl (C=O) groups excluding carboxylic acids is 2. The van der Waals surface area contributed by atoms with Crippen LogP contribution in [0.5, 0.6) is 0 Å². The average molecular weight is 354 g/mol. The van der Waals surface area contributed by atoms with Gasteiger partial charge >= 0.3 is 5.97 Å². The minimum absolute atomic E-state index is 0.0548. The number of esters is 1. The maximum Gasteiger partial charge on any atom is 0.341 e. The normalized spacial score (nSPS) is 20.4. The molecule has 2 rings (SSSR count). The topological polar surface area (TPSA) is 107 Å². The molecule has 0 spiro atoms. The van der Waals surface area contributed by atoms with Gasteiger partial charge in [-0.2, -0.15) is 0 Å². The Kier molecular flexibility index (Phi) is 5.17. The van der Waals surface area contributed by atoms with Gasteiger partial charge in [0.05, 0.1) is 17.1 Å². The molecule has 132 valence electrons. The second-order valence-corrected chi connectivity index (χ2v) is 8.32. The zero-order valence-electron chi connectivity index (χ0n) is 14.0. The van der Waals surface area contributed by atoms with Gasteiger partial charge in [0.2, 0.25) is 0 Å². The number of hydrogen-bond donors (Lipinski definition) is 1. The minimum atomic E-state index is -3.09. The summed E-state index contributed by atoms with van der Waals surface area (Å²) in [6, 6.07) is 4.61. The second kappa shape index (κ2) is 6.80. The number of nitrogen functional groups attached to an aromatic ring is 1. The van der Waals surface area contributed by atoms with Crippen molar-refractivity contribution in [2.24, 2.45) is 0 Å². The van der Waals surface area contributed by atoms with Crippen LogP contribution in [0, 0.1) is 6.92 Å². The van der Waals surface area contributed by atoms with Gasteiger partial charge in [-0.25, -0.2) is 13.2 Å². The maximum atomic E-state index is 12.4. The lowest BCUT2D eigenvalue weighted by Gasteiger charge is -2.26. The summed E-state index contributed by atoms with van der Waals surface area (Å²) in [6.45, 7) is 3.24. The van der Waals surface area contributed by atoms with E-state index in [9.17, 15) is 18.0 Å². The third-order valence-corrected chi connectivity index (χ3v) is 6.03. The fourth-order valence-corrected chi connectivity index (χ4v) is 4.46. The number of likely N-dealkylation sites (N-methyl/N-ethyl adjacent to an activating group) is 1. The molecule has 0 bridgehead atoms. The molecule has 2 N–H and O–H groups in total. The van der Waals surface area contributed by atoms with Gasteiger partial charge in [-0.15, -0.1) is 0 Å². The summed E-state index contributed by atoms with van der Waals surface area (Å²) >= 11 is 0. The first-order valence-corrected chi connectivity index (χ1v) is 9.47. The summed E-state index contributed by atoms with van der Waals surface area (Å²) in [6.07, 6.45) is -0.624. The number of sulfone groups is 1. The Bertz CT molecular complexity index is 760. The van der Waals surface area contributed by atoms with Crippen LogP contribution in [0.15, 0.2) is 18.2 Å². The Labute approximate surface area is 141 Å². The maximum absolute atomic E-state index is 12.4. The van der Waals surface area contributed by atoms with Gasteiger partial charge < -0.3 is 15.4 Å². The van der Waals surface area contributed by atoms with Crippen LogP contribution < -0.4 is 5.73 Å². The Morgan fingerprint density at radius 3 is 2.62 bits per heavy atom. The van der Waals surface area contributed by atoms with E-state index in [0.29, 0.717) is 12.1 Å². The molecule has 24 heavy (non-hydrogen) atoms. The van der Waals surface area contributed by atoms with Gasteiger partial charge in [0.15, 0.2) is 15.9 Å². The van der Waals surface area contributed by atoms with E-state index in [1.807, 2.05) is 0 Å². The van der Waals surface area contributed by atoms with Gasteiger partial charge in [-0.3, -0.25) is 4.79 Å². The van der Waals surface area contributed by atoms with E-state index in [0.717, 1.165) is 5.56 Å². The first-order valence-electron chi connectivity index (χ1n) is 7.65. The van der Waals surface area contributed by atoms with Crippen molar-refractivity contribution in [3.05, 3.63) is 29.3 Å². The van der Waals surface area contributed by atoms with E-state index in [4.69, 9.17) is 10.5 Å². The number of carbonyl (C=O) groups is 2. The van der Waals surface area contributed by atoms with Crippen LogP contribution >= 0.6 is 0 Å². The summed E-state index contributed by atoms with van der Waals surface area (Å²) < 4.78 is 28.3. The standard InChI is InChI=1S/C16H22N2O5S/c1-10-5-4-6-13(14(10)17)16(20)23-11(2)15(19)18(3)12-7-8-24(21,22)9-12/h4-6,11-12H,7-9,17H2,1-3H3. The SMILES string of the molecule is Cc1cccc(C(=O)OC(C)C(=O)N(C)C2CCS(=O)(=O)C2)c1N. The fraction of sp³-hybridized carbons (Fsp3) is 0.500. The molecule has 1 heterocycles. The molecular weight excluding hydrogens is 332 g/mol. The highest BCUT2D eigenvalue weighted by Crippen LogP contribution is 2.20. The minimum Gasteiger partial charge on any atom is -0.449 e. The molecule has 7 nitrogen and oxygen atoms in total. The third kappa shape index (κ3) is 3.87. The lowest BCUT2D eigenvalue weighted by molar-refractivity contribution is -0.140. The zero-order valence-corrected chi connectivity index (χ0v) is 14.8. The smallest absolute Gasteiger partial charge is 0.341 e. The molecule has 0 aliphatic carbocycles. The Morgan fingerprint density at radius 1 is 1.38 bits per heavy atom. The first kappa shape index (κ1) is 18.3. The van der Waals surface area contributed by atoms with E-state index in [1.54, 1.807) is 19.1 Å². The van der Waals surface area contributed by atoms with Crippen molar-refractivity contribution in [3.8, 4) is 0 Å². The quantitative estimate of drug-likeness (QED) is 0.632. The number of nitrogens with zero attached hydrogens (tertiary/aromatic N) is 1. The molecule has 1 aromatic carbocycles. The summed E-state index contributed by atoms with van der Waals surface area (Å²) in [5.41, 5.74) is 7.13. The molecule has 0 aromatic heterocycles. The molecule has 1 fully saturated rings. The molecule has 8 heteroatoms. The molecule has 0 saturated carbocycles. The molecule has 2 atom stereocenters. The van der Waals surface area contributed by atoms with Crippen LogP contribution in [-0.4, -0.2) is 55.9 Å². The molecule has 1 saturated heterocycles. The van der Waals surface area contributed by atoms with Gasteiger partial charge in [-0.1, -0.05) is 12.1 Å². The van der Waals surface area contributed by atoms with Crippen LogP contribution in [0.1, 0.15) is 29.3 Å². The number of aryl methyl sites for hydroxylation is 1. The van der Waals surface area contributed by atoms with Crippen molar-refractivity contribution in [3.63, 3.8) is 0 Å². The molecule has 2 unspecified atom stereocenters. The predicted octanol–water partition coefficient (Wildman–Crippen LogP) is 0.768. The highest BCUT2D eigenvalue weighted by molar-refractivity contribution is 7.91. The number of amides is 1. The molecule has 1 amide bonds. The number of hydrogen-bond acceptors (Lipinski definition) is 6. The number of nitrogens with two attached hydrogens (primary N) is 1. The molecule has 0 radical (unpaired) electrons. The Morgan fingerprint density at radius 2 is 2.04 bits per heavy atom. The molecular formula is C16H22N2O5S. The number of benzene rings is 1. The van der Waals surface area contributed by atoms with Gasteiger partial charge in [0.25, 0.3) is 5.91 Å². The van der Waals surface area contributed by atoms with E-state index >= 15 is 0 Å². The van der Waals surface area contributed by atoms with Crippen molar-refractivity contribution in [2.75, 3.05) is 24.3 Å². The van der Waals surface area contributed by atoms with Crippen molar-refractivity contribution < 1.29 is 22.7 Å². The van der Waals surface area contributed by atoms with Gasteiger partial charge in [0.1, 0.15) is 0 Å². The Hall–Kier alpha value is -2.09. The van der Waals surface area contributed by atoms with Crippen molar-refractivity contribution in [1.82, 2.24) is 4.90 Å². The van der Waals surface area contributed by atoms with Crippen LogP contribution in [0.25, 0.3) is 0 Å². The highest BCUT2D eigenvalue weighted by Gasteiger charge is 2.35. The van der Waals surface area contributed by atoms with Crippen molar-refractivity contribution >= 4 is 27.4 Å². The number of para-hydroxylation sites is 1. The fourth-order valence-electron chi connectivity index (χ4n) is 2.68. The Balaban J connectivity index is 2.03. The third-order valence-electron chi connectivity index (χ3n) is 4.28.